The van der Waals surface area contributed by atoms with Crippen molar-refractivity contribution in [3.63, 3.8) is 0 Å². The summed E-state index contributed by atoms with van der Waals surface area (Å²) in [4.78, 5) is 21.8. The minimum Gasteiger partial charge on any atom is -0.457 e. The molecule has 0 amide bonds. The standard InChI is InChI=1S/C15H18O3/c1-15(2,3)18-14(17)9-8-12-4-6-13(7-5-12)10-11-16/h4-9,11H,10H2,1-3H3/b9-8+. The summed E-state index contributed by atoms with van der Waals surface area (Å²) in [6.45, 7) is 5.48. The molecule has 96 valence electrons. The van der Waals surface area contributed by atoms with Gasteiger partial charge in [-0.25, -0.2) is 4.79 Å². The lowest BCUT2D eigenvalue weighted by atomic mass is 10.1. The normalized spacial score (nSPS) is 11.5. The Balaban J connectivity index is 2.61. The molecule has 0 atom stereocenters. The van der Waals surface area contributed by atoms with Crippen LogP contribution in [-0.4, -0.2) is 17.9 Å². The molecule has 0 aliphatic carbocycles. The zero-order valence-electron chi connectivity index (χ0n) is 11.0. The quantitative estimate of drug-likeness (QED) is 0.466. The topological polar surface area (TPSA) is 43.4 Å². The van der Waals surface area contributed by atoms with Crippen molar-refractivity contribution >= 4 is 18.3 Å². The summed E-state index contributed by atoms with van der Waals surface area (Å²) in [7, 11) is 0. The van der Waals surface area contributed by atoms with Crippen molar-refractivity contribution in [1.82, 2.24) is 0 Å². The van der Waals surface area contributed by atoms with Gasteiger partial charge in [-0.1, -0.05) is 24.3 Å². The van der Waals surface area contributed by atoms with Gasteiger partial charge in [0.2, 0.25) is 0 Å². The smallest absolute Gasteiger partial charge is 0.331 e. The molecule has 18 heavy (non-hydrogen) atoms. The van der Waals surface area contributed by atoms with Gasteiger partial charge >= 0.3 is 5.97 Å². The fraction of sp³-hybridized carbons (Fsp3) is 0.333. The number of carbonyl (C=O) groups is 2. The number of hydrogen-bond acceptors (Lipinski definition) is 3. The first kappa shape index (κ1) is 14.2. The Morgan fingerprint density at radius 1 is 1.22 bits per heavy atom. The van der Waals surface area contributed by atoms with Gasteiger partial charge in [0.1, 0.15) is 11.9 Å². The molecular formula is C15H18O3. The van der Waals surface area contributed by atoms with Gasteiger partial charge in [-0.15, -0.1) is 0 Å². The second-order valence-electron chi connectivity index (χ2n) is 4.98. The van der Waals surface area contributed by atoms with Crippen LogP contribution in [0.25, 0.3) is 6.08 Å². The van der Waals surface area contributed by atoms with Crippen molar-refractivity contribution in [2.45, 2.75) is 32.8 Å². The molecule has 0 saturated heterocycles. The average molecular weight is 246 g/mol. The molecule has 3 heteroatoms. The van der Waals surface area contributed by atoms with Gasteiger partial charge in [-0.2, -0.15) is 0 Å². The maximum Gasteiger partial charge on any atom is 0.331 e. The van der Waals surface area contributed by atoms with Crippen LogP contribution < -0.4 is 0 Å². The SMILES string of the molecule is CC(C)(C)OC(=O)/C=C/c1ccc(CC=O)cc1. The van der Waals surface area contributed by atoms with E-state index in [2.05, 4.69) is 0 Å². The highest BCUT2D eigenvalue weighted by Crippen LogP contribution is 2.09. The van der Waals surface area contributed by atoms with Gasteiger partial charge in [0.25, 0.3) is 0 Å². The molecular weight excluding hydrogens is 228 g/mol. The summed E-state index contributed by atoms with van der Waals surface area (Å²) < 4.78 is 5.15. The number of benzene rings is 1. The highest BCUT2D eigenvalue weighted by Gasteiger charge is 2.13. The fourth-order valence-corrected chi connectivity index (χ4v) is 1.36. The lowest BCUT2D eigenvalue weighted by Crippen LogP contribution is -2.22. The van der Waals surface area contributed by atoms with Crippen LogP contribution in [-0.2, 0) is 20.7 Å². The van der Waals surface area contributed by atoms with Crippen molar-refractivity contribution < 1.29 is 14.3 Å². The molecule has 0 radical (unpaired) electrons. The molecule has 0 aliphatic rings. The summed E-state index contributed by atoms with van der Waals surface area (Å²) in [5.74, 6) is -0.362. The number of esters is 1. The summed E-state index contributed by atoms with van der Waals surface area (Å²) in [5.41, 5.74) is 1.38. The minimum atomic E-state index is -0.477. The van der Waals surface area contributed by atoms with Crippen LogP contribution in [0.5, 0.6) is 0 Å². The number of aldehydes is 1. The van der Waals surface area contributed by atoms with E-state index in [9.17, 15) is 9.59 Å². The van der Waals surface area contributed by atoms with E-state index >= 15 is 0 Å². The van der Waals surface area contributed by atoms with E-state index in [0.717, 1.165) is 17.4 Å². The maximum absolute atomic E-state index is 11.4. The van der Waals surface area contributed by atoms with Crippen LogP contribution >= 0.6 is 0 Å². The first-order valence-electron chi connectivity index (χ1n) is 5.84. The fourth-order valence-electron chi connectivity index (χ4n) is 1.36. The van der Waals surface area contributed by atoms with Gasteiger partial charge in [-0.05, 0) is 38.0 Å². The van der Waals surface area contributed by atoms with Gasteiger partial charge in [-0.3, -0.25) is 0 Å². The summed E-state index contributed by atoms with van der Waals surface area (Å²) >= 11 is 0. The molecule has 0 bridgehead atoms. The second kappa shape index (κ2) is 6.15. The van der Waals surface area contributed by atoms with E-state index in [1.54, 1.807) is 6.08 Å². The molecule has 0 unspecified atom stereocenters. The number of rotatable bonds is 4. The Morgan fingerprint density at radius 2 is 1.83 bits per heavy atom. The largest absolute Gasteiger partial charge is 0.457 e. The average Bonchev–Trinajstić information content (AvgIpc) is 2.26. The molecule has 0 saturated carbocycles. The van der Waals surface area contributed by atoms with E-state index in [4.69, 9.17) is 4.74 Å². The maximum atomic E-state index is 11.4. The third-order valence-corrected chi connectivity index (χ3v) is 2.12. The predicted molar refractivity (Wildman–Crippen MR) is 71.1 cm³/mol. The summed E-state index contributed by atoms with van der Waals surface area (Å²) in [5, 5.41) is 0. The van der Waals surface area contributed by atoms with E-state index in [1.165, 1.54) is 6.08 Å². The molecule has 1 aromatic carbocycles. The summed E-state index contributed by atoms with van der Waals surface area (Å²) in [6, 6.07) is 7.45. The Hall–Kier alpha value is -1.90. The second-order valence-corrected chi connectivity index (χ2v) is 4.98. The highest BCUT2D eigenvalue weighted by atomic mass is 16.6. The summed E-state index contributed by atoms with van der Waals surface area (Å²) in [6.07, 6.45) is 4.38. The first-order valence-corrected chi connectivity index (χ1v) is 5.84. The van der Waals surface area contributed by atoms with Crippen molar-refractivity contribution in [3.8, 4) is 0 Å². The minimum absolute atomic E-state index is 0.362. The van der Waals surface area contributed by atoms with E-state index in [-0.39, 0.29) is 5.97 Å². The van der Waals surface area contributed by atoms with E-state index < -0.39 is 5.60 Å². The predicted octanol–water partition coefficient (Wildman–Crippen LogP) is 2.78. The molecule has 1 rings (SSSR count). The number of ether oxygens (including phenoxy) is 1. The van der Waals surface area contributed by atoms with Crippen LogP contribution in [0.3, 0.4) is 0 Å². The van der Waals surface area contributed by atoms with Crippen LogP contribution in [0.2, 0.25) is 0 Å². The van der Waals surface area contributed by atoms with Crippen LogP contribution in [0, 0.1) is 0 Å². The molecule has 0 spiro atoms. The van der Waals surface area contributed by atoms with Crippen molar-refractivity contribution in [3.05, 3.63) is 41.5 Å². The molecule has 0 aromatic heterocycles. The van der Waals surface area contributed by atoms with Crippen molar-refractivity contribution in [1.29, 1.82) is 0 Å². The Morgan fingerprint density at radius 3 is 2.33 bits per heavy atom. The lowest BCUT2D eigenvalue weighted by Gasteiger charge is -2.17. The monoisotopic (exact) mass is 246 g/mol. The zero-order valence-corrected chi connectivity index (χ0v) is 11.0. The zero-order chi connectivity index (χ0) is 13.6. The third-order valence-electron chi connectivity index (χ3n) is 2.12. The molecule has 3 nitrogen and oxygen atoms in total. The highest BCUT2D eigenvalue weighted by molar-refractivity contribution is 5.87. The van der Waals surface area contributed by atoms with Crippen LogP contribution in [0.4, 0.5) is 0 Å². The van der Waals surface area contributed by atoms with Crippen LogP contribution in [0.15, 0.2) is 30.3 Å². The van der Waals surface area contributed by atoms with Crippen LogP contribution in [0.1, 0.15) is 31.9 Å². The van der Waals surface area contributed by atoms with Gasteiger partial charge in [0.05, 0.1) is 0 Å². The number of hydrogen-bond donors (Lipinski definition) is 0. The van der Waals surface area contributed by atoms with E-state index in [0.29, 0.717) is 6.42 Å². The van der Waals surface area contributed by atoms with E-state index in [1.807, 2.05) is 45.0 Å². The molecule has 0 N–H and O–H groups in total. The molecule has 1 aromatic rings. The van der Waals surface area contributed by atoms with Gasteiger partial charge in [0, 0.05) is 12.5 Å². The van der Waals surface area contributed by atoms with Gasteiger partial charge in [0.15, 0.2) is 0 Å². The first-order chi connectivity index (χ1) is 8.40. The molecule has 0 fully saturated rings. The Kier molecular flexibility index (Phi) is 4.84. The number of carbonyl (C=O) groups excluding carboxylic acids is 2. The third kappa shape index (κ3) is 5.43. The lowest BCUT2D eigenvalue weighted by molar-refractivity contribution is -0.148. The van der Waals surface area contributed by atoms with Gasteiger partial charge < -0.3 is 9.53 Å². The Bertz CT molecular complexity index is 436. The molecule has 0 aliphatic heterocycles. The van der Waals surface area contributed by atoms with Crippen molar-refractivity contribution in [2.75, 3.05) is 0 Å². The van der Waals surface area contributed by atoms with Crippen molar-refractivity contribution in [2.24, 2.45) is 0 Å². The molecule has 0 heterocycles. The Labute approximate surface area is 107 Å².